The van der Waals surface area contributed by atoms with Gasteiger partial charge in [-0.1, -0.05) is 109 Å². The van der Waals surface area contributed by atoms with E-state index in [1.165, 1.54) is 0 Å². The van der Waals surface area contributed by atoms with Gasteiger partial charge in [0, 0.05) is 11.8 Å². The van der Waals surface area contributed by atoms with Gasteiger partial charge in [0.2, 0.25) is 5.78 Å². The number of rotatable bonds is 6. The third-order valence-corrected chi connectivity index (χ3v) is 7.30. The summed E-state index contributed by atoms with van der Waals surface area (Å²) in [5.41, 5.74) is 4.18. The lowest BCUT2D eigenvalue weighted by molar-refractivity contribution is 0.103. The molecule has 0 aliphatic carbocycles. The van der Waals surface area contributed by atoms with Gasteiger partial charge in [-0.3, -0.25) is 4.79 Å². The van der Waals surface area contributed by atoms with Gasteiger partial charge < -0.3 is 9.67 Å². The summed E-state index contributed by atoms with van der Waals surface area (Å²) in [6.07, 6.45) is 3.60. The van der Waals surface area contributed by atoms with Crippen molar-refractivity contribution in [3.8, 4) is 5.75 Å². The van der Waals surface area contributed by atoms with Gasteiger partial charge in [-0.2, -0.15) is 0 Å². The van der Waals surface area contributed by atoms with Crippen molar-refractivity contribution in [2.45, 2.75) is 12.5 Å². The molecule has 4 heteroatoms. The fourth-order valence-corrected chi connectivity index (χ4v) is 5.37. The SMILES string of the molecule is Cc1c(O)ccc2cc(C(=O)c3cn(C(c4ccccc4)(c4ccccc4)c4ccccc4)cn3)ccc12. The van der Waals surface area contributed by atoms with Crippen LogP contribution in [0.15, 0.2) is 134 Å². The number of hydrogen-bond acceptors (Lipinski definition) is 3. The number of aryl methyl sites for hydroxylation is 1. The number of carbonyl (C=O) groups excluding carboxylic acids is 1. The number of aromatic hydroxyl groups is 1. The number of fused-ring (bicyclic) bond motifs is 1. The second kappa shape index (κ2) is 9.49. The largest absolute Gasteiger partial charge is 0.508 e. The summed E-state index contributed by atoms with van der Waals surface area (Å²) >= 11 is 0. The van der Waals surface area contributed by atoms with Crippen LogP contribution >= 0.6 is 0 Å². The topological polar surface area (TPSA) is 55.1 Å². The van der Waals surface area contributed by atoms with Crippen LogP contribution in [0.2, 0.25) is 0 Å². The summed E-state index contributed by atoms with van der Waals surface area (Å²) in [5.74, 6) is 0.0915. The summed E-state index contributed by atoms with van der Waals surface area (Å²) in [7, 11) is 0. The molecule has 0 atom stereocenters. The highest BCUT2D eigenvalue weighted by molar-refractivity contribution is 6.09. The maximum absolute atomic E-state index is 13.7. The van der Waals surface area contributed by atoms with Gasteiger partial charge in [-0.05, 0) is 52.1 Å². The average Bonchev–Trinajstić information content (AvgIpc) is 3.47. The van der Waals surface area contributed by atoms with E-state index in [1.807, 2.05) is 90.5 Å². The monoisotopic (exact) mass is 494 g/mol. The van der Waals surface area contributed by atoms with Crippen LogP contribution in [0.25, 0.3) is 10.8 Å². The zero-order valence-corrected chi connectivity index (χ0v) is 21.0. The second-order valence-electron chi connectivity index (χ2n) is 9.45. The Labute approximate surface area is 221 Å². The van der Waals surface area contributed by atoms with Crippen LogP contribution in [-0.4, -0.2) is 20.4 Å². The quantitative estimate of drug-likeness (QED) is 0.198. The van der Waals surface area contributed by atoms with Gasteiger partial charge in [0.1, 0.15) is 17.0 Å². The first-order valence-corrected chi connectivity index (χ1v) is 12.6. The van der Waals surface area contributed by atoms with Crippen LogP contribution in [0, 0.1) is 6.92 Å². The number of imidazole rings is 1. The van der Waals surface area contributed by atoms with E-state index in [1.54, 1.807) is 18.5 Å². The van der Waals surface area contributed by atoms with Crippen molar-refractivity contribution in [3.05, 3.63) is 167 Å². The number of phenolic OH excluding ortho intramolecular Hbond substituents is 1. The van der Waals surface area contributed by atoms with Crippen molar-refractivity contribution in [2.75, 3.05) is 0 Å². The minimum absolute atomic E-state index is 0.153. The highest BCUT2D eigenvalue weighted by Crippen LogP contribution is 2.41. The predicted molar refractivity (Wildman–Crippen MR) is 151 cm³/mol. The molecular weight excluding hydrogens is 468 g/mol. The summed E-state index contributed by atoms with van der Waals surface area (Å²) in [4.78, 5) is 18.3. The highest BCUT2D eigenvalue weighted by Gasteiger charge is 2.38. The molecule has 0 aliphatic heterocycles. The van der Waals surface area contributed by atoms with E-state index >= 15 is 0 Å². The first-order chi connectivity index (χ1) is 18.6. The Hall–Kier alpha value is -4.96. The van der Waals surface area contributed by atoms with E-state index in [4.69, 9.17) is 0 Å². The number of nitrogens with zero attached hydrogens (tertiary/aromatic N) is 2. The van der Waals surface area contributed by atoms with Crippen molar-refractivity contribution in [2.24, 2.45) is 0 Å². The summed E-state index contributed by atoms with van der Waals surface area (Å²) in [5, 5.41) is 11.9. The zero-order valence-electron chi connectivity index (χ0n) is 21.0. The molecule has 6 rings (SSSR count). The van der Waals surface area contributed by atoms with Crippen LogP contribution in [0.3, 0.4) is 0 Å². The minimum atomic E-state index is -0.729. The maximum atomic E-state index is 13.7. The van der Waals surface area contributed by atoms with Crippen molar-refractivity contribution in [1.29, 1.82) is 0 Å². The Morgan fingerprint density at radius 3 is 1.84 bits per heavy atom. The number of ketones is 1. The highest BCUT2D eigenvalue weighted by atomic mass is 16.3. The summed E-state index contributed by atoms with van der Waals surface area (Å²) in [6.45, 7) is 1.87. The molecule has 5 aromatic carbocycles. The molecule has 6 aromatic rings. The molecular formula is C34H26N2O2. The van der Waals surface area contributed by atoms with Gasteiger partial charge in [0.25, 0.3) is 0 Å². The molecule has 1 heterocycles. The molecule has 184 valence electrons. The van der Waals surface area contributed by atoms with Crippen molar-refractivity contribution in [1.82, 2.24) is 9.55 Å². The molecule has 0 amide bonds. The van der Waals surface area contributed by atoms with E-state index < -0.39 is 5.54 Å². The van der Waals surface area contributed by atoms with Crippen LogP contribution in [0.4, 0.5) is 0 Å². The average molecular weight is 495 g/mol. The normalized spacial score (nSPS) is 11.5. The molecule has 4 nitrogen and oxygen atoms in total. The van der Waals surface area contributed by atoms with Gasteiger partial charge in [-0.25, -0.2) is 4.98 Å². The van der Waals surface area contributed by atoms with Crippen LogP contribution < -0.4 is 0 Å². The van der Waals surface area contributed by atoms with E-state index in [0.29, 0.717) is 11.3 Å². The van der Waals surface area contributed by atoms with Gasteiger partial charge in [-0.15, -0.1) is 0 Å². The molecule has 0 fully saturated rings. The molecule has 0 spiro atoms. The van der Waals surface area contributed by atoms with E-state index in [9.17, 15) is 9.90 Å². The molecule has 0 radical (unpaired) electrons. The lowest BCUT2D eigenvalue weighted by atomic mass is 9.77. The molecule has 0 saturated heterocycles. The maximum Gasteiger partial charge on any atom is 0.212 e. The second-order valence-corrected chi connectivity index (χ2v) is 9.45. The Morgan fingerprint density at radius 2 is 1.29 bits per heavy atom. The molecule has 1 aromatic heterocycles. The smallest absolute Gasteiger partial charge is 0.212 e. The van der Waals surface area contributed by atoms with E-state index in [0.717, 1.165) is 33.0 Å². The predicted octanol–water partition coefficient (Wildman–Crippen LogP) is 7.12. The first-order valence-electron chi connectivity index (χ1n) is 12.6. The van der Waals surface area contributed by atoms with Gasteiger partial charge in [0.05, 0.1) is 6.33 Å². The third-order valence-electron chi connectivity index (χ3n) is 7.30. The fourth-order valence-electron chi connectivity index (χ4n) is 5.37. The van der Waals surface area contributed by atoms with E-state index in [-0.39, 0.29) is 11.5 Å². The number of phenols is 1. The van der Waals surface area contributed by atoms with Crippen molar-refractivity contribution >= 4 is 16.6 Å². The fraction of sp³-hybridized carbons (Fsp3) is 0.0588. The first kappa shape index (κ1) is 23.4. The number of carbonyl (C=O) groups is 1. The lowest BCUT2D eigenvalue weighted by Crippen LogP contribution is -2.37. The Bertz CT molecular complexity index is 1640. The molecule has 0 unspecified atom stereocenters. The van der Waals surface area contributed by atoms with Crippen LogP contribution in [0.1, 0.15) is 38.3 Å². The van der Waals surface area contributed by atoms with Gasteiger partial charge >= 0.3 is 0 Å². The summed E-state index contributed by atoms with van der Waals surface area (Å²) in [6, 6.07) is 40.0. The Kier molecular flexibility index (Phi) is 5.85. The standard InChI is InChI=1S/C34H26N2O2/c1-24-30-19-17-26(21-25(30)18-20-32(24)37)33(38)31-22-36(23-35-31)34(27-11-5-2-6-12-27,28-13-7-3-8-14-28)29-15-9-4-10-16-29/h2-23,37H,1H3. The zero-order chi connectivity index (χ0) is 26.1. The number of hydrogen-bond donors (Lipinski definition) is 1. The van der Waals surface area contributed by atoms with Crippen molar-refractivity contribution in [3.63, 3.8) is 0 Å². The molecule has 0 bridgehead atoms. The lowest BCUT2D eigenvalue weighted by Gasteiger charge is -2.37. The Balaban J connectivity index is 1.52. The molecule has 1 N–H and O–H groups in total. The Morgan fingerprint density at radius 1 is 0.737 bits per heavy atom. The number of aromatic nitrogens is 2. The molecule has 38 heavy (non-hydrogen) atoms. The van der Waals surface area contributed by atoms with E-state index in [2.05, 4.69) is 41.4 Å². The van der Waals surface area contributed by atoms with Gasteiger partial charge in [0.15, 0.2) is 0 Å². The number of benzene rings is 5. The molecule has 0 aliphatic rings. The third kappa shape index (κ3) is 3.78. The molecule has 0 saturated carbocycles. The summed E-state index contributed by atoms with van der Waals surface area (Å²) < 4.78 is 2.05. The van der Waals surface area contributed by atoms with Crippen LogP contribution in [0.5, 0.6) is 5.75 Å². The van der Waals surface area contributed by atoms with Crippen molar-refractivity contribution < 1.29 is 9.90 Å². The minimum Gasteiger partial charge on any atom is -0.508 e. The van der Waals surface area contributed by atoms with Crippen LogP contribution in [-0.2, 0) is 5.54 Å².